The molecule has 0 bridgehead atoms. The van der Waals surface area contributed by atoms with E-state index in [9.17, 15) is 9.90 Å². The van der Waals surface area contributed by atoms with Crippen molar-refractivity contribution in [3.63, 3.8) is 0 Å². The monoisotopic (exact) mass is 253 g/mol. The summed E-state index contributed by atoms with van der Waals surface area (Å²) in [6.45, 7) is 9.59. The molecule has 1 amide bonds. The Morgan fingerprint density at radius 3 is 2.50 bits per heavy atom. The van der Waals surface area contributed by atoms with Crippen LogP contribution in [0.3, 0.4) is 0 Å². The second-order valence-electron chi connectivity index (χ2n) is 5.66. The summed E-state index contributed by atoms with van der Waals surface area (Å²) in [6, 6.07) is 0.228. The Labute approximate surface area is 108 Å². The first kappa shape index (κ1) is 14.7. The molecule has 0 aliphatic rings. The molecule has 0 aliphatic heterocycles. The Bertz CT molecular complexity index is 430. The van der Waals surface area contributed by atoms with Crippen LogP contribution in [0, 0.1) is 6.92 Å². The number of hydrogen-bond donors (Lipinski definition) is 1. The van der Waals surface area contributed by atoms with Crippen molar-refractivity contribution in [3.8, 4) is 0 Å². The maximum atomic E-state index is 12.2. The lowest BCUT2D eigenvalue weighted by Gasteiger charge is -2.25. The highest BCUT2D eigenvalue weighted by Crippen LogP contribution is 2.15. The molecule has 5 nitrogen and oxygen atoms in total. The van der Waals surface area contributed by atoms with Crippen LogP contribution in [0.25, 0.3) is 0 Å². The summed E-state index contributed by atoms with van der Waals surface area (Å²) in [5.74, 6) is -0.110. The van der Waals surface area contributed by atoms with Gasteiger partial charge in [-0.15, -0.1) is 0 Å². The zero-order chi connectivity index (χ0) is 14.1. The van der Waals surface area contributed by atoms with Crippen LogP contribution in [0.2, 0.25) is 0 Å². The lowest BCUT2D eigenvalue weighted by molar-refractivity contribution is 0.0367. The Morgan fingerprint density at radius 1 is 1.56 bits per heavy atom. The molecule has 0 aromatic carbocycles. The average molecular weight is 253 g/mol. The van der Waals surface area contributed by atoms with Crippen LogP contribution in [-0.2, 0) is 0 Å². The molecule has 0 atom stereocenters. The molecule has 5 heteroatoms. The van der Waals surface area contributed by atoms with Crippen LogP contribution in [-0.4, -0.2) is 44.9 Å². The van der Waals surface area contributed by atoms with E-state index in [2.05, 4.69) is 5.10 Å². The van der Waals surface area contributed by atoms with E-state index in [1.165, 1.54) is 4.90 Å². The molecular formula is C13H23N3O2. The van der Waals surface area contributed by atoms with Gasteiger partial charge in [0.15, 0.2) is 0 Å². The zero-order valence-corrected chi connectivity index (χ0v) is 12.1. The van der Waals surface area contributed by atoms with Gasteiger partial charge < -0.3 is 10.0 Å². The molecular weight excluding hydrogens is 230 g/mol. The van der Waals surface area contributed by atoms with E-state index in [1.54, 1.807) is 27.1 Å². The van der Waals surface area contributed by atoms with E-state index in [4.69, 9.17) is 0 Å². The molecule has 1 N–H and O–H groups in total. The van der Waals surface area contributed by atoms with Crippen LogP contribution in [0.15, 0.2) is 6.20 Å². The Balaban J connectivity index is 2.91. The lowest BCUT2D eigenvalue weighted by Crippen LogP contribution is -2.39. The highest BCUT2D eigenvalue weighted by Gasteiger charge is 2.23. The van der Waals surface area contributed by atoms with Gasteiger partial charge in [-0.3, -0.25) is 9.48 Å². The van der Waals surface area contributed by atoms with Gasteiger partial charge in [-0.25, -0.2) is 0 Å². The Hall–Kier alpha value is -1.36. The molecule has 0 saturated carbocycles. The molecule has 18 heavy (non-hydrogen) atoms. The van der Waals surface area contributed by atoms with Crippen LogP contribution in [0.5, 0.6) is 0 Å². The molecule has 0 radical (unpaired) electrons. The maximum Gasteiger partial charge on any atom is 0.257 e. The number of amides is 1. The molecule has 0 spiro atoms. The topological polar surface area (TPSA) is 58.4 Å². The van der Waals surface area contributed by atoms with E-state index in [0.29, 0.717) is 5.56 Å². The van der Waals surface area contributed by atoms with Crippen LogP contribution < -0.4 is 0 Å². The summed E-state index contributed by atoms with van der Waals surface area (Å²) < 4.78 is 1.82. The van der Waals surface area contributed by atoms with E-state index in [-0.39, 0.29) is 18.5 Å². The van der Waals surface area contributed by atoms with Gasteiger partial charge in [0.05, 0.1) is 17.4 Å². The number of nitrogens with zero attached hydrogens (tertiary/aromatic N) is 3. The Kier molecular flexibility index (Phi) is 4.16. The summed E-state index contributed by atoms with van der Waals surface area (Å²) in [5, 5.41) is 14.0. The summed E-state index contributed by atoms with van der Waals surface area (Å²) in [5.41, 5.74) is 0.555. The minimum Gasteiger partial charge on any atom is -0.389 e. The maximum absolute atomic E-state index is 12.2. The fraction of sp³-hybridized carbons (Fsp3) is 0.692. The third kappa shape index (κ3) is 3.32. The first-order chi connectivity index (χ1) is 8.13. The van der Waals surface area contributed by atoms with Gasteiger partial charge >= 0.3 is 0 Å². The summed E-state index contributed by atoms with van der Waals surface area (Å²) in [7, 11) is 1.69. The number of aromatic nitrogens is 2. The molecule has 1 rings (SSSR count). The molecule has 0 fully saturated rings. The summed E-state index contributed by atoms with van der Waals surface area (Å²) >= 11 is 0. The second kappa shape index (κ2) is 5.10. The number of likely N-dealkylation sites (N-methyl/N-ethyl adjacent to an activating group) is 1. The fourth-order valence-electron chi connectivity index (χ4n) is 2.01. The van der Waals surface area contributed by atoms with Crippen LogP contribution >= 0.6 is 0 Å². The highest BCUT2D eigenvalue weighted by molar-refractivity contribution is 5.94. The van der Waals surface area contributed by atoms with E-state index >= 15 is 0 Å². The third-order valence-electron chi connectivity index (χ3n) is 2.74. The van der Waals surface area contributed by atoms with Crippen LogP contribution in [0.1, 0.15) is 49.8 Å². The molecule has 1 heterocycles. The SMILES string of the molecule is Cc1c(C(=O)N(C)CC(C)(C)O)cnn1C(C)C. The predicted octanol–water partition coefficient (Wildman–Crippen LogP) is 1.62. The van der Waals surface area contributed by atoms with Gasteiger partial charge in [-0.2, -0.15) is 5.10 Å². The second-order valence-corrected chi connectivity index (χ2v) is 5.66. The standard InChI is InChI=1S/C13H23N3O2/c1-9(2)16-10(3)11(7-14-16)12(17)15(6)8-13(4,5)18/h7,9,18H,8H2,1-6H3. The summed E-state index contributed by atoms with van der Waals surface area (Å²) in [4.78, 5) is 13.8. The number of rotatable bonds is 4. The van der Waals surface area contributed by atoms with Crippen molar-refractivity contribution in [2.24, 2.45) is 0 Å². The third-order valence-corrected chi connectivity index (χ3v) is 2.74. The smallest absolute Gasteiger partial charge is 0.257 e. The number of aliphatic hydroxyl groups is 1. The molecule has 1 aromatic heterocycles. The minimum atomic E-state index is -0.896. The van der Waals surface area contributed by atoms with Gasteiger partial charge in [-0.05, 0) is 34.6 Å². The van der Waals surface area contributed by atoms with Crippen molar-refractivity contribution in [2.45, 2.75) is 46.3 Å². The van der Waals surface area contributed by atoms with E-state index in [1.807, 2.05) is 25.5 Å². The van der Waals surface area contributed by atoms with Gasteiger partial charge in [-0.1, -0.05) is 0 Å². The van der Waals surface area contributed by atoms with Crippen molar-refractivity contribution < 1.29 is 9.90 Å². The van der Waals surface area contributed by atoms with Gasteiger partial charge in [0.25, 0.3) is 5.91 Å². The molecule has 0 unspecified atom stereocenters. The number of carbonyl (C=O) groups excluding carboxylic acids is 1. The largest absolute Gasteiger partial charge is 0.389 e. The minimum absolute atomic E-state index is 0.110. The van der Waals surface area contributed by atoms with Crippen LogP contribution in [0.4, 0.5) is 0 Å². The Morgan fingerprint density at radius 2 is 2.11 bits per heavy atom. The van der Waals surface area contributed by atoms with E-state index in [0.717, 1.165) is 5.69 Å². The fourth-order valence-corrected chi connectivity index (χ4v) is 2.01. The first-order valence-corrected chi connectivity index (χ1v) is 6.15. The van der Waals surface area contributed by atoms with Crippen molar-refractivity contribution in [1.29, 1.82) is 0 Å². The molecule has 0 aliphatic carbocycles. The van der Waals surface area contributed by atoms with Gasteiger partial charge in [0.1, 0.15) is 0 Å². The van der Waals surface area contributed by atoms with Crippen molar-refractivity contribution in [2.75, 3.05) is 13.6 Å². The average Bonchev–Trinajstić information content (AvgIpc) is 2.56. The van der Waals surface area contributed by atoms with Crippen molar-refractivity contribution in [3.05, 3.63) is 17.5 Å². The zero-order valence-electron chi connectivity index (χ0n) is 12.1. The van der Waals surface area contributed by atoms with Crippen molar-refractivity contribution >= 4 is 5.91 Å². The highest BCUT2D eigenvalue weighted by atomic mass is 16.3. The van der Waals surface area contributed by atoms with Gasteiger partial charge in [0, 0.05) is 25.3 Å². The summed E-state index contributed by atoms with van der Waals surface area (Å²) in [6.07, 6.45) is 1.60. The molecule has 1 aromatic rings. The van der Waals surface area contributed by atoms with E-state index < -0.39 is 5.60 Å². The normalized spacial score (nSPS) is 12.0. The number of hydrogen-bond acceptors (Lipinski definition) is 3. The van der Waals surface area contributed by atoms with Gasteiger partial charge in [0.2, 0.25) is 0 Å². The lowest BCUT2D eigenvalue weighted by atomic mass is 10.1. The predicted molar refractivity (Wildman–Crippen MR) is 70.6 cm³/mol. The number of carbonyl (C=O) groups is 1. The quantitative estimate of drug-likeness (QED) is 0.887. The van der Waals surface area contributed by atoms with Crippen molar-refractivity contribution in [1.82, 2.24) is 14.7 Å². The molecule has 102 valence electrons. The first-order valence-electron chi connectivity index (χ1n) is 6.15. The molecule has 0 saturated heterocycles.